The van der Waals surface area contributed by atoms with E-state index in [1.54, 1.807) is 0 Å². The highest BCUT2D eigenvalue weighted by atomic mass is 15.1. The van der Waals surface area contributed by atoms with Gasteiger partial charge in [0.1, 0.15) is 0 Å². The number of nitrogens with zero attached hydrogens (tertiary/aromatic N) is 5. The molecule has 1 aliphatic carbocycles. The summed E-state index contributed by atoms with van der Waals surface area (Å²) in [7, 11) is 0. The predicted molar refractivity (Wildman–Crippen MR) is 130 cm³/mol. The average Bonchev–Trinajstić information content (AvgIpc) is 3.06. The lowest BCUT2D eigenvalue weighted by Crippen LogP contribution is -2.29. The van der Waals surface area contributed by atoms with Crippen molar-refractivity contribution in [2.45, 2.75) is 39.5 Å². The second-order valence-corrected chi connectivity index (χ2v) is 7.68. The monoisotopic (exact) mass is 413 g/mol. The van der Waals surface area contributed by atoms with Gasteiger partial charge in [-0.05, 0) is 81.7 Å². The standard InChI is InChI=1S/C26H31N5/c1-4-21(2)11-12-22(3)27-28-23-9-8-10-24(14-13-23)29-30-25-15-17-26(18-16-25)31-19-6-5-7-20-31/h4,8-9,11-18H,3,5-7,10,19-20H2,1-2H3/b12-11-,21-4-,28-27?,30-29?. The Kier molecular flexibility index (Phi) is 8.47. The van der Waals surface area contributed by atoms with Crippen LogP contribution in [0.3, 0.4) is 0 Å². The van der Waals surface area contributed by atoms with Crippen molar-refractivity contribution in [3.05, 3.63) is 96.0 Å². The van der Waals surface area contributed by atoms with E-state index in [0.717, 1.165) is 35.7 Å². The molecular weight excluding hydrogens is 382 g/mol. The number of benzene rings is 1. The highest BCUT2D eigenvalue weighted by molar-refractivity contribution is 5.52. The molecule has 3 rings (SSSR count). The van der Waals surface area contributed by atoms with Gasteiger partial charge >= 0.3 is 0 Å². The maximum atomic E-state index is 4.41. The summed E-state index contributed by atoms with van der Waals surface area (Å²) in [6, 6.07) is 8.34. The number of allylic oxidation sites excluding steroid dienone is 8. The van der Waals surface area contributed by atoms with Crippen LogP contribution in [0.25, 0.3) is 0 Å². The summed E-state index contributed by atoms with van der Waals surface area (Å²) in [5.74, 6) is 0. The molecule has 0 radical (unpaired) electrons. The van der Waals surface area contributed by atoms with E-state index in [2.05, 4.69) is 44.1 Å². The van der Waals surface area contributed by atoms with Crippen molar-refractivity contribution in [2.75, 3.05) is 18.0 Å². The summed E-state index contributed by atoms with van der Waals surface area (Å²) >= 11 is 0. The Morgan fingerprint density at radius 2 is 1.74 bits per heavy atom. The van der Waals surface area contributed by atoms with E-state index in [1.807, 2.05) is 68.5 Å². The molecule has 0 aromatic heterocycles. The normalized spacial score (nSPS) is 18.0. The molecule has 31 heavy (non-hydrogen) atoms. The topological polar surface area (TPSA) is 52.7 Å². The molecular formula is C26H31N5. The first-order valence-electron chi connectivity index (χ1n) is 10.9. The van der Waals surface area contributed by atoms with Gasteiger partial charge in [0.05, 0.1) is 22.8 Å². The van der Waals surface area contributed by atoms with Crippen molar-refractivity contribution in [2.24, 2.45) is 20.5 Å². The van der Waals surface area contributed by atoms with Crippen molar-refractivity contribution in [1.82, 2.24) is 0 Å². The van der Waals surface area contributed by atoms with Crippen molar-refractivity contribution in [3.63, 3.8) is 0 Å². The molecule has 160 valence electrons. The Hall–Kier alpha value is -3.34. The van der Waals surface area contributed by atoms with E-state index >= 15 is 0 Å². The van der Waals surface area contributed by atoms with Gasteiger partial charge in [-0.15, -0.1) is 0 Å². The first kappa shape index (κ1) is 22.3. The molecule has 5 heteroatoms. The molecule has 1 saturated heterocycles. The summed E-state index contributed by atoms with van der Waals surface area (Å²) in [6.07, 6.45) is 18.2. The van der Waals surface area contributed by atoms with Crippen LogP contribution in [0, 0.1) is 0 Å². The second-order valence-electron chi connectivity index (χ2n) is 7.68. The van der Waals surface area contributed by atoms with E-state index in [9.17, 15) is 0 Å². The summed E-state index contributed by atoms with van der Waals surface area (Å²) in [6.45, 7) is 10.2. The van der Waals surface area contributed by atoms with Crippen molar-refractivity contribution in [3.8, 4) is 0 Å². The highest BCUT2D eigenvalue weighted by Gasteiger charge is 2.10. The van der Waals surface area contributed by atoms with Gasteiger partial charge in [0.25, 0.3) is 0 Å². The van der Waals surface area contributed by atoms with Crippen LogP contribution in [0.4, 0.5) is 11.4 Å². The van der Waals surface area contributed by atoms with Gasteiger partial charge in [-0.25, -0.2) is 0 Å². The minimum atomic E-state index is 0.608. The summed E-state index contributed by atoms with van der Waals surface area (Å²) in [5, 5.41) is 17.2. The number of anilines is 1. The minimum Gasteiger partial charge on any atom is -0.372 e. The van der Waals surface area contributed by atoms with Crippen LogP contribution in [-0.4, -0.2) is 13.1 Å². The molecule has 1 aromatic carbocycles. The first-order valence-corrected chi connectivity index (χ1v) is 10.9. The lowest BCUT2D eigenvalue weighted by atomic mass is 10.1. The first-order chi connectivity index (χ1) is 15.1. The fraction of sp³-hybridized carbons (Fsp3) is 0.308. The van der Waals surface area contributed by atoms with Crippen LogP contribution in [-0.2, 0) is 0 Å². The lowest BCUT2D eigenvalue weighted by molar-refractivity contribution is 0.578. The van der Waals surface area contributed by atoms with Gasteiger partial charge < -0.3 is 4.90 Å². The van der Waals surface area contributed by atoms with Crippen LogP contribution in [0.5, 0.6) is 0 Å². The maximum absolute atomic E-state index is 4.41. The fourth-order valence-electron chi connectivity index (χ4n) is 3.23. The molecule has 0 atom stereocenters. The minimum absolute atomic E-state index is 0.608. The van der Waals surface area contributed by atoms with E-state index in [0.29, 0.717) is 12.1 Å². The molecule has 1 aromatic rings. The SMILES string of the molecule is C=C(/C=C\C(C)=C/C)N=NC1=CC=C(N=Nc2ccc(N3CCCCC3)cc2)CC=C1. The second kappa shape index (κ2) is 11.7. The van der Waals surface area contributed by atoms with Gasteiger partial charge in [0.2, 0.25) is 0 Å². The zero-order valence-electron chi connectivity index (χ0n) is 18.5. The Morgan fingerprint density at radius 1 is 0.968 bits per heavy atom. The largest absolute Gasteiger partial charge is 0.372 e. The summed E-state index contributed by atoms with van der Waals surface area (Å²) in [4.78, 5) is 2.44. The van der Waals surface area contributed by atoms with Gasteiger partial charge in [-0.2, -0.15) is 20.5 Å². The van der Waals surface area contributed by atoms with Crippen molar-refractivity contribution >= 4 is 11.4 Å². The number of hydrogen-bond donors (Lipinski definition) is 0. The molecule has 0 spiro atoms. The smallest absolute Gasteiger partial charge is 0.0858 e. The molecule has 5 nitrogen and oxygen atoms in total. The summed E-state index contributed by atoms with van der Waals surface area (Å²) < 4.78 is 0. The van der Waals surface area contributed by atoms with Gasteiger partial charge in [0.15, 0.2) is 0 Å². The molecule has 1 heterocycles. The zero-order valence-corrected chi connectivity index (χ0v) is 18.5. The molecule has 0 N–H and O–H groups in total. The molecule has 0 unspecified atom stereocenters. The van der Waals surface area contributed by atoms with E-state index in [1.165, 1.54) is 24.9 Å². The molecule has 0 saturated carbocycles. The Labute approximate surface area is 185 Å². The predicted octanol–water partition coefficient (Wildman–Crippen LogP) is 7.98. The Bertz CT molecular complexity index is 966. The Balaban J connectivity index is 1.59. The zero-order chi connectivity index (χ0) is 21.9. The van der Waals surface area contributed by atoms with E-state index < -0.39 is 0 Å². The van der Waals surface area contributed by atoms with E-state index in [4.69, 9.17) is 0 Å². The third kappa shape index (κ3) is 7.45. The fourth-order valence-corrected chi connectivity index (χ4v) is 3.23. The van der Waals surface area contributed by atoms with Crippen LogP contribution in [0.15, 0.2) is 116 Å². The third-order valence-electron chi connectivity index (χ3n) is 5.21. The number of hydrogen-bond acceptors (Lipinski definition) is 5. The molecule has 1 aliphatic heterocycles. The van der Waals surface area contributed by atoms with Gasteiger partial charge in [-0.3, -0.25) is 0 Å². The highest BCUT2D eigenvalue weighted by Crippen LogP contribution is 2.24. The average molecular weight is 414 g/mol. The molecule has 0 bridgehead atoms. The summed E-state index contributed by atoms with van der Waals surface area (Å²) in [5.41, 5.74) is 5.53. The number of piperidine rings is 1. The number of azo groups is 2. The number of rotatable bonds is 7. The molecule has 0 amide bonds. The third-order valence-corrected chi connectivity index (χ3v) is 5.21. The van der Waals surface area contributed by atoms with Crippen LogP contribution < -0.4 is 4.90 Å². The van der Waals surface area contributed by atoms with Crippen LogP contribution in [0.2, 0.25) is 0 Å². The Morgan fingerprint density at radius 3 is 2.48 bits per heavy atom. The van der Waals surface area contributed by atoms with Crippen molar-refractivity contribution in [1.29, 1.82) is 0 Å². The van der Waals surface area contributed by atoms with Crippen LogP contribution >= 0.6 is 0 Å². The van der Waals surface area contributed by atoms with Crippen molar-refractivity contribution < 1.29 is 0 Å². The van der Waals surface area contributed by atoms with Crippen LogP contribution in [0.1, 0.15) is 39.5 Å². The quantitative estimate of drug-likeness (QED) is 0.330. The molecule has 1 fully saturated rings. The van der Waals surface area contributed by atoms with Gasteiger partial charge in [-0.1, -0.05) is 30.4 Å². The molecule has 2 aliphatic rings. The lowest BCUT2D eigenvalue weighted by Gasteiger charge is -2.28. The van der Waals surface area contributed by atoms with Gasteiger partial charge in [0, 0.05) is 25.2 Å². The van der Waals surface area contributed by atoms with E-state index in [-0.39, 0.29) is 0 Å². The maximum Gasteiger partial charge on any atom is 0.0858 e.